The predicted octanol–water partition coefficient (Wildman–Crippen LogP) is 5.30. The molecule has 3 rings (SSSR count). The van der Waals surface area contributed by atoms with E-state index in [1.54, 1.807) is 11.8 Å². The third kappa shape index (κ3) is 4.19. The number of anilines is 2. The summed E-state index contributed by atoms with van der Waals surface area (Å²) in [6.45, 7) is 3.99. The largest absolute Gasteiger partial charge is 0.288 e. The number of para-hydroxylation sites is 1. The van der Waals surface area contributed by atoms with Crippen molar-refractivity contribution in [1.82, 2.24) is 0 Å². The third-order valence-electron chi connectivity index (χ3n) is 4.01. The number of benzene rings is 2. The van der Waals surface area contributed by atoms with Gasteiger partial charge in [0.2, 0.25) is 0 Å². The second kappa shape index (κ2) is 7.81. The van der Waals surface area contributed by atoms with E-state index in [9.17, 15) is 8.42 Å². The maximum atomic E-state index is 12.3. The summed E-state index contributed by atoms with van der Waals surface area (Å²) in [6.07, 6.45) is 3.73. The summed E-state index contributed by atoms with van der Waals surface area (Å²) >= 11 is 1.64. The summed E-state index contributed by atoms with van der Waals surface area (Å²) in [5.41, 5.74) is 2.77. The topological polar surface area (TPSA) is 46.6 Å². The van der Waals surface area contributed by atoms with E-state index in [1.807, 2.05) is 31.2 Å². The van der Waals surface area contributed by atoms with Gasteiger partial charge in [-0.2, -0.15) is 8.42 Å². The van der Waals surface area contributed by atoms with Crippen LogP contribution in [0.15, 0.2) is 52.3 Å². The van der Waals surface area contributed by atoms with Crippen LogP contribution in [-0.4, -0.2) is 14.2 Å². The van der Waals surface area contributed by atoms with Crippen LogP contribution < -0.4 is 5.06 Å². The Labute approximate surface area is 154 Å². The summed E-state index contributed by atoms with van der Waals surface area (Å²) in [7, 11) is -3.63. The normalized spacial score (nSPS) is 13.4. The van der Waals surface area contributed by atoms with Crippen LogP contribution in [0, 0.1) is 0 Å². The van der Waals surface area contributed by atoms with Crippen LogP contribution in [0.4, 0.5) is 11.4 Å². The lowest BCUT2D eigenvalue weighted by molar-refractivity contribution is 0.319. The summed E-state index contributed by atoms with van der Waals surface area (Å²) in [4.78, 5) is 1.99. The minimum Gasteiger partial charge on any atom is -0.202 e. The minimum atomic E-state index is -3.63. The highest BCUT2D eigenvalue weighted by atomic mass is 32.2. The summed E-state index contributed by atoms with van der Waals surface area (Å²) in [6, 6.07) is 14.0. The van der Waals surface area contributed by atoms with Crippen molar-refractivity contribution >= 4 is 33.3 Å². The average Bonchev–Trinajstić information content (AvgIpc) is 2.59. The molecule has 0 aromatic heterocycles. The van der Waals surface area contributed by atoms with Gasteiger partial charge < -0.3 is 0 Å². The van der Waals surface area contributed by atoms with Gasteiger partial charge in [-0.25, -0.2) is 5.06 Å². The number of rotatable bonds is 7. The first-order valence-electron chi connectivity index (χ1n) is 8.66. The molecule has 1 aliphatic heterocycles. The molecule has 0 radical (unpaired) electrons. The molecule has 6 heteroatoms. The van der Waals surface area contributed by atoms with Crippen LogP contribution in [0.2, 0.25) is 0 Å². The molecule has 0 spiro atoms. The van der Waals surface area contributed by atoms with Crippen LogP contribution in [0.25, 0.3) is 0 Å². The molecular weight excluding hydrogens is 354 g/mol. The van der Waals surface area contributed by atoms with Crippen molar-refractivity contribution in [3.63, 3.8) is 0 Å². The first-order valence-corrected chi connectivity index (χ1v) is 11.1. The van der Waals surface area contributed by atoms with E-state index in [0.717, 1.165) is 40.4 Å². The smallest absolute Gasteiger partial charge is 0.202 e. The summed E-state index contributed by atoms with van der Waals surface area (Å²) < 4.78 is 30.1. The van der Waals surface area contributed by atoms with Gasteiger partial charge >= 0.3 is 0 Å². The SMILES string of the molecule is CCCCc1ccc2c(c1)N(OS(=O)(=O)CCC)c1ccccc1S2. The Kier molecular flexibility index (Phi) is 5.71. The number of hydrogen-bond acceptors (Lipinski definition) is 5. The van der Waals surface area contributed by atoms with Gasteiger partial charge in [-0.15, -0.1) is 4.28 Å². The third-order valence-corrected chi connectivity index (χ3v) is 6.42. The lowest BCUT2D eigenvalue weighted by atomic mass is 10.1. The molecule has 0 amide bonds. The molecule has 0 fully saturated rings. The maximum absolute atomic E-state index is 12.3. The van der Waals surface area contributed by atoms with E-state index < -0.39 is 10.1 Å². The second-order valence-electron chi connectivity index (χ2n) is 6.11. The van der Waals surface area contributed by atoms with Crippen molar-refractivity contribution in [2.75, 3.05) is 10.8 Å². The van der Waals surface area contributed by atoms with E-state index in [2.05, 4.69) is 25.1 Å². The predicted molar refractivity (Wildman–Crippen MR) is 103 cm³/mol. The van der Waals surface area contributed by atoms with Gasteiger partial charge in [0.15, 0.2) is 0 Å². The fourth-order valence-corrected chi connectivity index (χ4v) is 4.77. The fourth-order valence-electron chi connectivity index (χ4n) is 2.78. The number of aryl methyl sites for hydroxylation is 1. The minimum absolute atomic E-state index is 0.00364. The Balaban J connectivity index is 2.03. The first kappa shape index (κ1) is 18.3. The van der Waals surface area contributed by atoms with Gasteiger partial charge in [0.1, 0.15) is 0 Å². The van der Waals surface area contributed by atoms with Gasteiger partial charge in [0.05, 0.1) is 17.1 Å². The Hall–Kier alpha value is -1.50. The molecule has 2 aromatic carbocycles. The highest BCUT2D eigenvalue weighted by Crippen LogP contribution is 2.48. The molecule has 1 heterocycles. The van der Waals surface area contributed by atoms with Crippen LogP contribution in [0.5, 0.6) is 0 Å². The van der Waals surface area contributed by atoms with E-state index in [1.165, 1.54) is 10.6 Å². The van der Waals surface area contributed by atoms with Crippen molar-refractivity contribution in [1.29, 1.82) is 0 Å². The average molecular weight is 378 g/mol. The van der Waals surface area contributed by atoms with Gasteiger partial charge in [-0.3, -0.25) is 0 Å². The Morgan fingerprint density at radius 2 is 1.76 bits per heavy atom. The van der Waals surface area contributed by atoms with Crippen molar-refractivity contribution in [3.8, 4) is 0 Å². The van der Waals surface area contributed by atoms with Gasteiger partial charge in [0.25, 0.3) is 10.1 Å². The van der Waals surface area contributed by atoms with Crippen LogP contribution in [0.3, 0.4) is 0 Å². The molecule has 0 unspecified atom stereocenters. The quantitative estimate of drug-likeness (QED) is 0.655. The van der Waals surface area contributed by atoms with E-state index >= 15 is 0 Å². The molecule has 25 heavy (non-hydrogen) atoms. The Morgan fingerprint density at radius 3 is 2.52 bits per heavy atom. The lowest BCUT2D eigenvalue weighted by Crippen LogP contribution is -2.26. The molecule has 0 aliphatic carbocycles. The second-order valence-corrected chi connectivity index (χ2v) is 8.86. The molecular formula is C19H23NO3S2. The zero-order valence-corrected chi connectivity index (χ0v) is 16.2. The zero-order valence-electron chi connectivity index (χ0n) is 14.6. The Morgan fingerprint density at radius 1 is 1.00 bits per heavy atom. The number of nitrogens with zero attached hydrogens (tertiary/aromatic N) is 1. The fraction of sp³-hybridized carbons (Fsp3) is 0.368. The van der Waals surface area contributed by atoms with E-state index in [4.69, 9.17) is 4.28 Å². The number of hydrogen-bond donors (Lipinski definition) is 0. The highest BCUT2D eigenvalue weighted by Gasteiger charge is 2.28. The molecule has 2 aromatic rings. The molecule has 0 N–H and O–H groups in total. The van der Waals surface area contributed by atoms with Crippen LogP contribution in [0.1, 0.15) is 38.7 Å². The highest BCUT2D eigenvalue weighted by molar-refractivity contribution is 7.99. The lowest BCUT2D eigenvalue weighted by Gasteiger charge is -2.31. The number of unbranched alkanes of at least 4 members (excludes halogenated alkanes) is 1. The molecule has 0 saturated carbocycles. The number of fused-ring (bicyclic) bond motifs is 2. The summed E-state index contributed by atoms with van der Waals surface area (Å²) in [5.74, 6) is 0.00364. The van der Waals surface area contributed by atoms with Crippen LogP contribution in [-0.2, 0) is 20.8 Å². The van der Waals surface area contributed by atoms with Gasteiger partial charge in [-0.05, 0) is 49.1 Å². The van der Waals surface area contributed by atoms with Crippen LogP contribution >= 0.6 is 11.8 Å². The van der Waals surface area contributed by atoms with Crippen molar-refractivity contribution in [3.05, 3.63) is 48.0 Å². The van der Waals surface area contributed by atoms with E-state index in [-0.39, 0.29) is 5.75 Å². The van der Waals surface area contributed by atoms with Crippen molar-refractivity contribution in [2.24, 2.45) is 0 Å². The molecule has 0 atom stereocenters. The van der Waals surface area contributed by atoms with Gasteiger partial charge in [0, 0.05) is 9.79 Å². The van der Waals surface area contributed by atoms with Crippen molar-refractivity contribution < 1.29 is 12.7 Å². The summed E-state index contributed by atoms with van der Waals surface area (Å²) in [5, 5.41) is 1.49. The van der Waals surface area contributed by atoms with Crippen molar-refractivity contribution in [2.45, 2.75) is 49.3 Å². The molecule has 0 bridgehead atoms. The monoisotopic (exact) mass is 377 g/mol. The molecule has 4 nitrogen and oxygen atoms in total. The van der Waals surface area contributed by atoms with E-state index in [0.29, 0.717) is 6.42 Å². The standard InChI is InChI=1S/C19H23NO3S2/c1-3-5-8-15-11-12-19-17(14-15)20(23-25(21,22)13-4-2)16-9-6-7-10-18(16)24-19/h6-7,9-12,14H,3-5,8,13H2,1-2H3. The first-order chi connectivity index (χ1) is 12.0. The molecule has 0 saturated heterocycles. The van der Waals surface area contributed by atoms with Gasteiger partial charge in [-0.1, -0.05) is 50.2 Å². The molecule has 134 valence electrons. The Bertz CT molecular complexity index is 849. The maximum Gasteiger partial charge on any atom is 0.288 e. The molecule has 1 aliphatic rings. The zero-order chi connectivity index (χ0) is 17.9.